The van der Waals surface area contributed by atoms with Gasteiger partial charge in [-0.25, -0.2) is 4.79 Å². The largest absolute Gasteiger partial charge is 0.462 e. The molecule has 0 spiro atoms. The van der Waals surface area contributed by atoms with Crippen LogP contribution in [0, 0.1) is 6.92 Å². The molecule has 2 aromatic rings. The maximum absolute atomic E-state index is 12.3. The molecule has 0 saturated heterocycles. The summed E-state index contributed by atoms with van der Waals surface area (Å²) in [6.07, 6.45) is 0. The fraction of sp³-hybridized carbons (Fsp3) is 0.235. The molecule has 0 aliphatic rings. The summed E-state index contributed by atoms with van der Waals surface area (Å²) in [6.45, 7) is 5.23. The van der Waals surface area contributed by atoms with Gasteiger partial charge in [-0.2, -0.15) is 0 Å². The smallest absolute Gasteiger partial charge is 0.348 e. The summed E-state index contributed by atoms with van der Waals surface area (Å²) >= 11 is 1.17. The van der Waals surface area contributed by atoms with Gasteiger partial charge in [0.2, 0.25) is 5.91 Å². The fourth-order valence-electron chi connectivity index (χ4n) is 2.07. The average molecular weight is 346 g/mol. The summed E-state index contributed by atoms with van der Waals surface area (Å²) in [4.78, 5) is 35.7. The van der Waals surface area contributed by atoms with E-state index in [4.69, 9.17) is 4.74 Å². The number of anilines is 2. The highest BCUT2D eigenvalue weighted by atomic mass is 32.1. The minimum atomic E-state index is -0.395. The molecule has 1 heterocycles. The molecule has 0 fully saturated rings. The van der Waals surface area contributed by atoms with Crippen LogP contribution >= 0.6 is 11.3 Å². The number of carbonyl (C=O) groups excluding carboxylic acids is 3. The molecule has 0 aliphatic carbocycles. The molecule has 1 aromatic heterocycles. The molecule has 0 aliphatic heterocycles. The molecule has 2 N–H and O–H groups in total. The molecule has 0 saturated carbocycles. The van der Waals surface area contributed by atoms with Crippen LogP contribution in [0.2, 0.25) is 0 Å². The second kappa shape index (κ2) is 7.74. The van der Waals surface area contributed by atoms with Crippen LogP contribution in [-0.2, 0) is 9.53 Å². The van der Waals surface area contributed by atoms with Crippen molar-refractivity contribution in [1.29, 1.82) is 0 Å². The maximum Gasteiger partial charge on any atom is 0.348 e. The summed E-state index contributed by atoms with van der Waals surface area (Å²) in [7, 11) is 0. The summed E-state index contributed by atoms with van der Waals surface area (Å²) in [5, 5.41) is 5.95. The second-order valence-electron chi connectivity index (χ2n) is 5.06. The van der Waals surface area contributed by atoms with Gasteiger partial charge in [0.1, 0.15) is 4.88 Å². The number of hydrogen-bond donors (Lipinski definition) is 2. The minimum absolute atomic E-state index is 0.208. The van der Waals surface area contributed by atoms with Crippen molar-refractivity contribution in [3.63, 3.8) is 0 Å². The van der Waals surface area contributed by atoms with Crippen LogP contribution in [-0.4, -0.2) is 24.4 Å². The molecular weight excluding hydrogens is 328 g/mol. The lowest BCUT2D eigenvalue weighted by molar-refractivity contribution is -0.114. The molecule has 1 aromatic carbocycles. The Kier molecular flexibility index (Phi) is 5.70. The van der Waals surface area contributed by atoms with Crippen LogP contribution in [0.5, 0.6) is 0 Å². The molecule has 126 valence electrons. The fourth-order valence-corrected chi connectivity index (χ4v) is 3.03. The maximum atomic E-state index is 12.3. The zero-order valence-electron chi connectivity index (χ0n) is 13.6. The molecule has 6 nitrogen and oxygen atoms in total. The lowest BCUT2D eigenvalue weighted by atomic mass is 10.2. The number of rotatable bonds is 5. The first-order chi connectivity index (χ1) is 11.4. The molecule has 0 unspecified atom stereocenters. The standard InChI is InChI=1S/C17H18N2O4S/c1-4-23-17(22)15-10(2)8-14(24-15)19-16(21)12-6-5-7-13(9-12)18-11(3)20/h5-9H,4H2,1-3H3,(H,18,20)(H,19,21). The Morgan fingerprint density at radius 2 is 1.92 bits per heavy atom. The van der Waals surface area contributed by atoms with Crippen molar-refractivity contribution < 1.29 is 19.1 Å². The number of nitrogens with one attached hydrogen (secondary N) is 2. The lowest BCUT2D eigenvalue weighted by Crippen LogP contribution is -2.12. The zero-order valence-corrected chi connectivity index (χ0v) is 14.5. The minimum Gasteiger partial charge on any atom is -0.462 e. The highest BCUT2D eigenvalue weighted by Gasteiger charge is 2.16. The number of carbonyl (C=O) groups is 3. The zero-order chi connectivity index (χ0) is 17.7. The van der Waals surface area contributed by atoms with Gasteiger partial charge in [0, 0.05) is 18.2 Å². The highest BCUT2D eigenvalue weighted by molar-refractivity contribution is 7.18. The summed E-state index contributed by atoms with van der Waals surface area (Å²) < 4.78 is 4.98. The average Bonchev–Trinajstić information content (AvgIpc) is 2.87. The third kappa shape index (κ3) is 4.42. The third-order valence-corrected chi connectivity index (χ3v) is 4.19. The Morgan fingerprint density at radius 3 is 2.58 bits per heavy atom. The molecule has 0 atom stereocenters. The van der Waals surface area contributed by atoms with Gasteiger partial charge in [-0.15, -0.1) is 11.3 Å². The van der Waals surface area contributed by atoms with Crippen LogP contribution in [0.4, 0.5) is 10.7 Å². The van der Waals surface area contributed by atoms with Gasteiger partial charge < -0.3 is 15.4 Å². The van der Waals surface area contributed by atoms with E-state index in [-0.39, 0.29) is 11.8 Å². The number of aryl methyl sites for hydroxylation is 1. The van der Waals surface area contributed by atoms with Crippen molar-refractivity contribution in [3.05, 3.63) is 46.3 Å². The number of hydrogen-bond acceptors (Lipinski definition) is 5. The Bertz CT molecular complexity index is 783. The highest BCUT2D eigenvalue weighted by Crippen LogP contribution is 2.28. The van der Waals surface area contributed by atoms with Gasteiger partial charge in [0.05, 0.1) is 11.6 Å². The first-order valence-corrected chi connectivity index (χ1v) is 8.19. The van der Waals surface area contributed by atoms with E-state index < -0.39 is 5.97 Å². The van der Waals surface area contributed by atoms with Gasteiger partial charge in [-0.05, 0) is 43.7 Å². The van der Waals surface area contributed by atoms with Gasteiger partial charge in [0.25, 0.3) is 5.91 Å². The number of benzene rings is 1. The first kappa shape index (κ1) is 17.7. The Balaban J connectivity index is 2.14. The molecule has 0 bridgehead atoms. The predicted octanol–water partition coefficient (Wildman–Crippen LogP) is 3.44. The second-order valence-corrected chi connectivity index (χ2v) is 6.11. The summed E-state index contributed by atoms with van der Waals surface area (Å²) in [5.74, 6) is -0.924. The van der Waals surface area contributed by atoms with E-state index >= 15 is 0 Å². The van der Waals surface area contributed by atoms with Crippen molar-refractivity contribution in [2.45, 2.75) is 20.8 Å². The molecule has 2 rings (SSSR count). The molecule has 0 radical (unpaired) electrons. The van der Waals surface area contributed by atoms with Crippen molar-refractivity contribution in [3.8, 4) is 0 Å². The summed E-state index contributed by atoms with van der Waals surface area (Å²) in [6, 6.07) is 8.35. The van der Waals surface area contributed by atoms with E-state index in [9.17, 15) is 14.4 Å². The van der Waals surface area contributed by atoms with Crippen molar-refractivity contribution in [1.82, 2.24) is 0 Å². The van der Waals surface area contributed by atoms with Crippen LogP contribution in [0.15, 0.2) is 30.3 Å². The van der Waals surface area contributed by atoms with E-state index in [2.05, 4.69) is 10.6 Å². The quantitative estimate of drug-likeness (QED) is 0.812. The summed E-state index contributed by atoms with van der Waals surface area (Å²) in [5.41, 5.74) is 1.70. The van der Waals surface area contributed by atoms with E-state index in [1.807, 2.05) is 0 Å². The van der Waals surface area contributed by atoms with Crippen molar-refractivity contribution in [2.75, 3.05) is 17.2 Å². The normalized spacial score (nSPS) is 10.1. The van der Waals surface area contributed by atoms with Crippen molar-refractivity contribution in [2.24, 2.45) is 0 Å². The van der Waals surface area contributed by atoms with Crippen LogP contribution in [0.1, 0.15) is 39.4 Å². The predicted molar refractivity (Wildman–Crippen MR) is 93.7 cm³/mol. The Labute approximate surface area is 143 Å². The van der Waals surface area contributed by atoms with Gasteiger partial charge in [-0.3, -0.25) is 9.59 Å². The monoisotopic (exact) mass is 346 g/mol. The Hall–Kier alpha value is -2.67. The van der Waals surface area contributed by atoms with Crippen LogP contribution in [0.25, 0.3) is 0 Å². The van der Waals surface area contributed by atoms with E-state index in [0.717, 1.165) is 5.56 Å². The number of amides is 2. The number of thiophene rings is 1. The van der Waals surface area contributed by atoms with E-state index in [1.165, 1.54) is 18.3 Å². The van der Waals surface area contributed by atoms with Gasteiger partial charge >= 0.3 is 5.97 Å². The molecule has 2 amide bonds. The topological polar surface area (TPSA) is 84.5 Å². The number of ether oxygens (including phenoxy) is 1. The number of esters is 1. The van der Waals surface area contributed by atoms with Gasteiger partial charge in [-0.1, -0.05) is 6.07 Å². The van der Waals surface area contributed by atoms with Gasteiger partial charge in [0.15, 0.2) is 0 Å². The SMILES string of the molecule is CCOC(=O)c1sc(NC(=O)c2cccc(NC(C)=O)c2)cc1C. The van der Waals surface area contributed by atoms with Crippen LogP contribution in [0.3, 0.4) is 0 Å². The van der Waals surface area contributed by atoms with E-state index in [0.29, 0.717) is 27.7 Å². The van der Waals surface area contributed by atoms with E-state index in [1.54, 1.807) is 44.2 Å². The van der Waals surface area contributed by atoms with Crippen molar-refractivity contribution >= 4 is 39.8 Å². The first-order valence-electron chi connectivity index (χ1n) is 7.37. The van der Waals surface area contributed by atoms with Crippen LogP contribution < -0.4 is 10.6 Å². The molecular formula is C17H18N2O4S. The Morgan fingerprint density at radius 1 is 1.17 bits per heavy atom. The molecule has 24 heavy (non-hydrogen) atoms. The lowest BCUT2D eigenvalue weighted by Gasteiger charge is -2.06. The third-order valence-electron chi connectivity index (χ3n) is 3.06. The molecule has 7 heteroatoms.